The quantitative estimate of drug-likeness (QED) is 0.863. The van der Waals surface area contributed by atoms with Gasteiger partial charge in [0, 0.05) is 18.9 Å². The van der Waals surface area contributed by atoms with Crippen molar-refractivity contribution in [3.05, 3.63) is 35.7 Å². The second-order valence-electron chi connectivity index (χ2n) is 6.41. The van der Waals surface area contributed by atoms with Crippen LogP contribution in [0.5, 0.6) is 0 Å². The van der Waals surface area contributed by atoms with E-state index in [-0.39, 0.29) is 16.6 Å². The number of aliphatic carboxylic acids is 1. The number of nitriles is 1. The first kappa shape index (κ1) is 15.8. The highest BCUT2D eigenvalue weighted by atomic mass is 19.4. The first-order chi connectivity index (χ1) is 11.8. The van der Waals surface area contributed by atoms with Gasteiger partial charge in [-0.15, -0.1) is 0 Å². The Bertz CT molecular complexity index is 955. The molecule has 9 heteroatoms. The smallest absolute Gasteiger partial charge is 0.396 e. The lowest BCUT2D eigenvalue weighted by molar-refractivity contribution is -0.195. The number of hydrogen-bond donors (Lipinski definition) is 2. The Kier molecular flexibility index (Phi) is 2.95. The van der Waals surface area contributed by atoms with Crippen LogP contribution in [0.2, 0.25) is 0 Å². The minimum atomic E-state index is -4.62. The van der Waals surface area contributed by atoms with E-state index in [2.05, 4.69) is 15.3 Å². The molecule has 1 aromatic carbocycles. The van der Waals surface area contributed by atoms with Gasteiger partial charge < -0.3 is 10.4 Å². The third-order valence-electron chi connectivity index (χ3n) is 5.42. The second kappa shape index (κ2) is 4.67. The maximum Gasteiger partial charge on any atom is 0.396 e. The summed E-state index contributed by atoms with van der Waals surface area (Å²) in [6, 6.07) is 3.79. The summed E-state index contributed by atoms with van der Waals surface area (Å²) in [7, 11) is 0. The largest absolute Gasteiger partial charge is 0.481 e. The molecule has 2 N–H and O–H groups in total. The molecule has 1 aliphatic carbocycles. The molecule has 0 bridgehead atoms. The van der Waals surface area contributed by atoms with Gasteiger partial charge in [0.2, 0.25) is 0 Å². The fraction of sp³-hybridized carbons (Fsp3) is 0.375. The first-order valence-electron chi connectivity index (χ1n) is 7.46. The SMILES string of the molecule is N#Cc1ccc(C2NCC3(C(F)(F)F)CC23C(=O)O)c2nccnc12. The van der Waals surface area contributed by atoms with Crippen LogP contribution in [0.1, 0.15) is 23.6 Å². The summed E-state index contributed by atoms with van der Waals surface area (Å²) >= 11 is 0. The third-order valence-corrected chi connectivity index (χ3v) is 5.42. The van der Waals surface area contributed by atoms with Crippen LogP contribution in [-0.4, -0.2) is 33.8 Å². The Balaban J connectivity index is 1.92. The lowest BCUT2D eigenvalue weighted by atomic mass is 9.85. The number of carboxylic acid groups (broad SMARTS) is 1. The van der Waals surface area contributed by atoms with Gasteiger partial charge >= 0.3 is 12.1 Å². The number of alkyl halides is 3. The maximum atomic E-state index is 13.5. The lowest BCUT2D eigenvalue weighted by Gasteiger charge is -2.22. The number of benzene rings is 1. The van der Waals surface area contributed by atoms with Crippen molar-refractivity contribution in [2.75, 3.05) is 6.54 Å². The average Bonchev–Trinajstić information content (AvgIpc) is 3.17. The zero-order valence-electron chi connectivity index (χ0n) is 12.6. The van der Waals surface area contributed by atoms with Gasteiger partial charge in [0.05, 0.1) is 22.5 Å². The number of piperidine rings is 1. The van der Waals surface area contributed by atoms with E-state index < -0.39 is 42.0 Å². The molecule has 2 fully saturated rings. The van der Waals surface area contributed by atoms with Gasteiger partial charge in [0.15, 0.2) is 0 Å². The third kappa shape index (κ3) is 1.75. The van der Waals surface area contributed by atoms with E-state index in [0.717, 1.165) is 0 Å². The number of fused-ring (bicyclic) bond motifs is 2. The predicted molar refractivity (Wildman–Crippen MR) is 78.2 cm³/mol. The Morgan fingerprint density at radius 3 is 2.56 bits per heavy atom. The van der Waals surface area contributed by atoms with Gasteiger partial charge in [-0.2, -0.15) is 18.4 Å². The number of carbonyl (C=O) groups is 1. The Morgan fingerprint density at radius 2 is 2.00 bits per heavy atom. The van der Waals surface area contributed by atoms with Gasteiger partial charge in [-0.1, -0.05) is 6.07 Å². The summed E-state index contributed by atoms with van der Waals surface area (Å²) in [5, 5.41) is 21.5. The summed E-state index contributed by atoms with van der Waals surface area (Å²) in [5.74, 6) is -1.48. The van der Waals surface area contributed by atoms with Crippen molar-refractivity contribution in [2.24, 2.45) is 10.8 Å². The topological polar surface area (TPSA) is 98.9 Å². The van der Waals surface area contributed by atoms with Crippen LogP contribution < -0.4 is 5.32 Å². The molecular weight excluding hydrogens is 337 g/mol. The molecule has 0 radical (unpaired) electrons. The van der Waals surface area contributed by atoms with Gasteiger partial charge in [-0.25, -0.2) is 0 Å². The monoisotopic (exact) mass is 348 g/mol. The second-order valence-corrected chi connectivity index (χ2v) is 6.41. The Labute approximate surface area is 139 Å². The number of aromatic nitrogens is 2. The van der Waals surface area contributed by atoms with Crippen LogP contribution in [0.4, 0.5) is 13.2 Å². The molecule has 128 valence electrons. The molecule has 2 aromatic rings. The molecule has 4 rings (SSSR count). The summed E-state index contributed by atoms with van der Waals surface area (Å²) in [5.41, 5.74) is -3.22. The number of halogens is 3. The standard InChI is InChI=1S/C16H11F3N4O2/c17-16(18,19)14-6-15(14,13(24)25)12(23-7-14)9-2-1-8(5-20)10-11(9)22-4-3-21-10/h1-4,12,23H,6-7H2,(H,24,25). The highest BCUT2D eigenvalue weighted by Crippen LogP contribution is 2.78. The zero-order valence-corrected chi connectivity index (χ0v) is 12.6. The van der Waals surface area contributed by atoms with E-state index in [1.54, 1.807) is 0 Å². The molecule has 1 saturated heterocycles. The van der Waals surface area contributed by atoms with Gasteiger partial charge in [0.25, 0.3) is 0 Å². The van der Waals surface area contributed by atoms with Gasteiger partial charge in [0.1, 0.15) is 17.0 Å². The van der Waals surface area contributed by atoms with Crippen molar-refractivity contribution < 1.29 is 23.1 Å². The van der Waals surface area contributed by atoms with Crippen LogP contribution in [0.25, 0.3) is 11.0 Å². The lowest BCUT2D eigenvalue weighted by Crippen LogP contribution is -2.34. The molecule has 1 aromatic heterocycles. The predicted octanol–water partition coefficient (Wildman–Crippen LogP) is 2.17. The number of hydrogen-bond acceptors (Lipinski definition) is 5. The molecular formula is C16H11F3N4O2. The van der Waals surface area contributed by atoms with Crippen molar-refractivity contribution in [3.63, 3.8) is 0 Å². The Hall–Kier alpha value is -2.73. The van der Waals surface area contributed by atoms with Gasteiger partial charge in [-0.05, 0) is 18.1 Å². The molecule has 2 heterocycles. The van der Waals surface area contributed by atoms with Crippen molar-refractivity contribution in [2.45, 2.75) is 18.6 Å². The summed E-state index contributed by atoms with van der Waals surface area (Å²) < 4.78 is 40.6. The van der Waals surface area contributed by atoms with Crippen molar-refractivity contribution >= 4 is 17.0 Å². The molecule has 25 heavy (non-hydrogen) atoms. The normalized spacial score (nSPS) is 30.7. The molecule has 3 unspecified atom stereocenters. The van der Waals surface area contributed by atoms with E-state index >= 15 is 0 Å². The van der Waals surface area contributed by atoms with Crippen LogP contribution >= 0.6 is 0 Å². The molecule has 6 nitrogen and oxygen atoms in total. The highest BCUT2D eigenvalue weighted by Gasteiger charge is 2.88. The average molecular weight is 348 g/mol. The van der Waals surface area contributed by atoms with Crippen LogP contribution in [-0.2, 0) is 4.79 Å². The van der Waals surface area contributed by atoms with Crippen molar-refractivity contribution in [1.82, 2.24) is 15.3 Å². The molecule has 2 aliphatic rings. The zero-order chi connectivity index (χ0) is 18.0. The van der Waals surface area contributed by atoms with Crippen LogP contribution in [0.15, 0.2) is 24.5 Å². The fourth-order valence-corrected chi connectivity index (χ4v) is 4.11. The number of carboxylic acids is 1. The van der Waals surface area contributed by atoms with Gasteiger partial charge in [-0.3, -0.25) is 14.8 Å². The van der Waals surface area contributed by atoms with E-state index in [1.807, 2.05) is 6.07 Å². The van der Waals surface area contributed by atoms with Crippen LogP contribution in [0.3, 0.4) is 0 Å². The van der Waals surface area contributed by atoms with Crippen molar-refractivity contribution in [3.8, 4) is 6.07 Å². The minimum Gasteiger partial charge on any atom is -0.481 e. The van der Waals surface area contributed by atoms with E-state index in [1.165, 1.54) is 24.5 Å². The number of nitrogens with zero attached hydrogens (tertiary/aromatic N) is 3. The van der Waals surface area contributed by atoms with Crippen molar-refractivity contribution in [1.29, 1.82) is 5.26 Å². The molecule has 0 amide bonds. The van der Waals surface area contributed by atoms with E-state index in [4.69, 9.17) is 5.26 Å². The summed E-state index contributed by atoms with van der Waals surface area (Å²) in [4.78, 5) is 20.0. The van der Waals surface area contributed by atoms with E-state index in [9.17, 15) is 23.1 Å². The van der Waals surface area contributed by atoms with E-state index in [0.29, 0.717) is 5.56 Å². The maximum absolute atomic E-state index is 13.5. The molecule has 0 spiro atoms. The fourth-order valence-electron chi connectivity index (χ4n) is 4.11. The Morgan fingerprint density at radius 1 is 1.32 bits per heavy atom. The minimum absolute atomic E-state index is 0.229. The molecule has 3 atom stereocenters. The summed E-state index contributed by atoms with van der Waals surface area (Å²) in [6.45, 7) is -0.463. The highest BCUT2D eigenvalue weighted by molar-refractivity contribution is 5.88. The number of rotatable bonds is 2. The molecule has 1 saturated carbocycles. The molecule has 1 aliphatic heterocycles. The summed E-state index contributed by atoms with van der Waals surface area (Å²) in [6.07, 6.45) is -2.36. The van der Waals surface area contributed by atoms with Crippen LogP contribution in [0, 0.1) is 22.2 Å². The first-order valence-corrected chi connectivity index (χ1v) is 7.46. The number of nitrogens with one attached hydrogen (secondary N) is 1.